The summed E-state index contributed by atoms with van der Waals surface area (Å²) in [5, 5.41) is 4.88. The molecule has 1 aromatic carbocycles. The molecule has 1 heterocycles. The molecule has 0 aliphatic carbocycles. The highest BCUT2D eigenvalue weighted by Gasteiger charge is 2.19. The van der Waals surface area contributed by atoms with Gasteiger partial charge in [0.2, 0.25) is 0 Å². The lowest BCUT2D eigenvalue weighted by molar-refractivity contribution is 0.194. The average molecular weight is 310 g/mol. The second kappa shape index (κ2) is 7.56. The van der Waals surface area contributed by atoms with E-state index in [-0.39, 0.29) is 12.4 Å². The summed E-state index contributed by atoms with van der Waals surface area (Å²) in [5.41, 5.74) is 1.05. The maximum absolute atomic E-state index is 6.18. The van der Waals surface area contributed by atoms with Gasteiger partial charge in [-0.2, -0.15) is 0 Å². The van der Waals surface area contributed by atoms with E-state index in [4.69, 9.17) is 23.2 Å². The van der Waals surface area contributed by atoms with E-state index >= 15 is 0 Å². The highest BCUT2D eigenvalue weighted by Crippen LogP contribution is 2.26. The quantitative estimate of drug-likeness (QED) is 0.918. The van der Waals surface area contributed by atoms with Gasteiger partial charge in [-0.05, 0) is 45.1 Å². The molecule has 1 aliphatic rings. The molecule has 0 unspecified atom stereocenters. The third-order valence-corrected chi connectivity index (χ3v) is 4.15. The van der Waals surface area contributed by atoms with Crippen molar-refractivity contribution in [1.82, 2.24) is 10.2 Å². The van der Waals surface area contributed by atoms with E-state index in [0.717, 1.165) is 35.2 Å². The molecule has 0 atom stereocenters. The van der Waals surface area contributed by atoms with Crippen molar-refractivity contribution in [2.45, 2.75) is 25.4 Å². The molecule has 1 saturated heterocycles. The van der Waals surface area contributed by atoms with Crippen molar-refractivity contribution in [2.75, 3.05) is 20.1 Å². The first-order valence-electron chi connectivity index (χ1n) is 6.03. The maximum Gasteiger partial charge on any atom is 0.0465 e. The fourth-order valence-electron chi connectivity index (χ4n) is 2.29. The molecule has 0 amide bonds. The Kier molecular flexibility index (Phi) is 6.75. The fourth-order valence-corrected chi connectivity index (χ4v) is 2.80. The zero-order valence-electron chi connectivity index (χ0n) is 10.5. The summed E-state index contributed by atoms with van der Waals surface area (Å²) >= 11 is 12.4. The second-order valence-electron chi connectivity index (χ2n) is 4.54. The summed E-state index contributed by atoms with van der Waals surface area (Å²) in [6.45, 7) is 3.06. The van der Waals surface area contributed by atoms with E-state index in [2.05, 4.69) is 10.2 Å². The highest BCUT2D eigenvalue weighted by atomic mass is 35.5. The lowest BCUT2D eigenvalue weighted by atomic mass is 10.0. The molecule has 5 heteroatoms. The molecule has 0 saturated carbocycles. The van der Waals surface area contributed by atoms with Gasteiger partial charge in [-0.3, -0.25) is 4.90 Å². The van der Waals surface area contributed by atoms with E-state index in [0.29, 0.717) is 6.04 Å². The van der Waals surface area contributed by atoms with Gasteiger partial charge in [-0.1, -0.05) is 29.3 Å². The Labute approximate surface area is 125 Å². The molecule has 1 fully saturated rings. The van der Waals surface area contributed by atoms with E-state index in [9.17, 15) is 0 Å². The van der Waals surface area contributed by atoms with E-state index in [1.54, 1.807) is 0 Å². The lowest BCUT2D eigenvalue weighted by Gasteiger charge is -2.32. The molecular weight excluding hydrogens is 291 g/mol. The number of likely N-dealkylation sites (tertiary alicyclic amines) is 1. The van der Waals surface area contributed by atoms with Crippen molar-refractivity contribution in [3.8, 4) is 0 Å². The molecule has 1 aliphatic heterocycles. The first-order chi connectivity index (χ1) is 8.20. The first kappa shape index (κ1) is 16.1. The minimum atomic E-state index is 0. The lowest BCUT2D eigenvalue weighted by Crippen LogP contribution is -2.40. The summed E-state index contributed by atoms with van der Waals surface area (Å²) in [5.74, 6) is 0. The molecule has 1 aromatic rings. The van der Waals surface area contributed by atoms with Crippen LogP contribution in [0.25, 0.3) is 0 Å². The predicted octanol–water partition coefficient (Wildman–Crippen LogP) is 3.60. The van der Waals surface area contributed by atoms with Crippen LogP contribution in [0.1, 0.15) is 18.4 Å². The van der Waals surface area contributed by atoms with Gasteiger partial charge in [0.1, 0.15) is 0 Å². The highest BCUT2D eigenvalue weighted by molar-refractivity contribution is 6.35. The van der Waals surface area contributed by atoms with Crippen LogP contribution in [-0.2, 0) is 6.54 Å². The zero-order chi connectivity index (χ0) is 12.3. The number of piperidine rings is 1. The van der Waals surface area contributed by atoms with Crippen LogP contribution < -0.4 is 5.32 Å². The number of halogens is 3. The summed E-state index contributed by atoms with van der Waals surface area (Å²) in [4.78, 5) is 2.42. The molecule has 0 aromatic heterocycles. The smallest absolute Gasteiger partial charge is 0.0465 e. The third kappa shape index (κ3) is 4.01. The van der Waals surface area contributed by atoms with Gasteiger partial charge in [-0.25, -0.2) is 0 Å². The maximum atomic E-state index is 6.18. The summed E-state index contributed by atoms with van der Waals surface area (Å²) < 4.78 is 0. The summed E-state index contributed by atoms with van der Waals surface area (Å²) in [7, 11) is 2.03. The minimum absolute atomic E-state index is 0. The van der Waals surface area contributed by atoms with Crippen LogP contribution in [0.15, 0.2) is 18.2 Å². The minimum Gasteiger partial charge on any atom is -0.317 e. The number of hydrogen-bond donors (Lipinski definition) is 1. The zero-order valence-corrected chi connectivity index (χ0v) is 12.8. The molecule has 0 spiro atoms. The molecule has 0 radical (unpaired) electrons. The van der Waals surface area contributed by atoms with Gasteiger partial charge in [0.05, 0.1) is 0 Å². The SMILES string of the molecule is CNC1CCN(Cc2c(Cl)cccc2Cl)CC1.Cl. The monoisotopic (exact) mass is 308 g/mol. The number of nitrogens with zero attached hydrogens (tertiary/aromatic N) is 1. The van der Waals surface area contributed by atoms with Crippen molar-refractivity contribution in [1.29, 1.82) is 0 Å². The summed E-state index contributed by atoms with van der Waals surface area (Å²) in [6.07, 6.45) is 2.39. The van der Waals surface area contributed by atoms with Crippen LogP contribution in [0.2, 0.25) is 10.0 Å². The van der Waals surface area contributed by atoms with E-state index < -0.39 is 0 Å². The fraction of sp³-hybridized carbons (Fsp3) is 0.538. The Morgan fingerprint density at radius 2 is 1.78 bits per heavy atom. The Morgan fingerprint density at radius 1 is 1.22 bits per heavy atom. The number of nitrogens with one attached hydrogen (secondary N) is 1. The predicted molar refractivity (Wildman–Crippen MR) is 81.1 cm³/mol. The standard InChI is InChI=1S/C13H18Cl2N2.ClH/c1-16-10-5-7-17(8-6-10)9-11-12(14)3-2-4-13(11)15;/h2-4,10,16H,5-9H2,1H3;1H. The number of rotatable bonds is 3. The van der Waals surface area contributed by atoms with Crippen molar-refractivity contribution in [3.63, 3.8) is 0 Å². The second-order valence-corrected chi connectivity index (χ2v) is 5.35. The molecule has 2 nitrogen and oxygen atoms in total. The Bertz CT molecular complexity index is 356. The third-order valence-electron chi connectivity index (χ3n) is 3.44. The Hall–Kier alpha value is 0.01000. The topological polar surface area (TPSA) is 15.3 Å². The average Bonchev–Trinajstić information content (AvgIpc) is 2.35. The Balaban J connectivity index is 0.00000162. The molecular formula is C13H19Cl3N2. The van der Waals surface area contributed by atoms with Crippen molar-refractivity contribution in [2.24, 2.45) is 0 Å². The largest absolute Gasteiger partial charge is 0.317 e. The van der Waals surface area contributed by atoms with Crippen molar-refractivity contribution >= 4 is 35.6 Å². The van der Waals surface area contributed by atoms with Gasteiger partial charge in [0.15, 0.2) is 0 Å². The molecule has 2 rings (SSSR count). The van der Waals surface area contributed by atoms with E-state index in [1.165, 1.54) is 12.8 Å². The van der Waals surface area contributed by atoms with Crippen LogP contribution >= 0.6 is 35.6 Å². The summed E-state index contributed by atoms with van der Waals surface area (Å²) in [6, 6.07) is 6.36. The van der Waals surface area contributed by atoms with Crippen molar-refractivity contribution < 1.29 is 0 Å². The van der Waals surface area contributed by atoms with Gasteiger partial charge in [-0.15, -0.1) is 12.4 Å². The first-order valence-corrected chi connectivity index (χ1v) is 6.79. The van der Waals surface area contributed by atoms with Gasteiger partial charge in [0, 0.05) is 28.2 Å². The molecule has 0 bridgehead atoms. The van der Waals surface area contributed by atoms with Crippen LogP contribution in [0.3, 0.4) is 0 Å². The molecule has 102 valence electrons. The number of benzene rings is 1. The Morgan fingerprint density at radius 3 is 2.28 bits per heavy atom. The van der Waals surface area contributed by atoms with Crippen LogP contribution in [0, 0.1) is 0 Å². The number of hydrogen-bond acceptors (Lipinski definition) is 2. The van der Waals surface area contributed by atoms with Gasteiger partial charge < -0.3 is 5.32 Å². The van der Waals surface area contributed by atoms with Crippen LogP contribution in [0.5, 0.6) is 0 Å². The molecule has 1 N–H and O–H groups in total. The van der Waals surface area contributed by atoms with Crippen LogP contribution in [0.4, 0.5) is 0 Å². The van der Waals surface area contributed by atoms with Gasteiger partial charge >= 0.3 is 0 Å². The van der Waals surface area contributed by atoms with Gasteiger partial charge in [0.25, 0.3) is 0 Å². The normalized spacial score (nSPS) is 17.5. The van der Waals surface area contributed by atoms with Crippen LogP contribution in [-0.4, -0.2) is 31.1 Å². The van der Waals surface area contributed by atoms with Crippen molar-refractivity contribution in [3.05, 3.63) is 33.8 Å². The van der Waals surface area contributed by atoms with E-state index in [1.807, 2.05) is 25.2 Å². The molecule has 18 heavy (non-hydrogen) atoms.